The van der Waals surface area contributed by atoms with Gasteiger partial charge >= 0.3 is 0 Å². The number of hydrogen-bond acceptors (Lipinski definition) is 6. The molecule has 1 amide bonds. The summed E-state index contributed by atoms with van der Waals surface area (Å²) in [5, 5.41) is 21.2. The number of carbonyl (C=O) groups is 1. The molecule has 5 aromatic rings. The molecule has 2 N–H and O–H groups in total. The fourth-order valence-corrected chi connectivity index (χ4v) is 5.03. The fourth-order valence-electron chi connectivity index (χ4n) is 5.03. The number of carbonyl (C=O) groups excluding carboxylic acids is 1. The van der Waals surface area contributed by atoms with Crippen molar-refractivity contribution in [2.75, 3.05) is 5.32 Å². The quantitative estimate of drug-likeness (QED) is 0.210. The molecule has 6 rings (SSSR count). The topological polar surface area (TPSA) is 109 Å². The molecular weight excluding hydrogens is 522 g/mol. The van der Waals surface area contributed by atoms with Gasteiger partial charge in [0, 0.05) is 23.3 Å². The number of anilines is 2. The average Bonchev–Trinajstić information content (AvgIpc) is 3.75. The number of amides is 1. The molecule has 1 aliphatic rings. The zero-order chi connectivity index (χ0) is 29.4. The van der Waals surface area contributed by atoms with Gasteiger partial charge in [-0.3, -0.25) is 9.48 Å². The Morgan fingerprint density at radius 1 is 1.10 bits per heavy atom. The molecule has 1 atom stereocenters. The number of benzene rings is 3. The number of nitriles is 1. The number of rotatable bonds is 8. The van der Waals surface area contributed by atoms with Gasteiger partial charge in [-0.05, 0) is 98.7 Å². The van der Waals surface area contributed by atoms with Gasteiger partial charge in [-0.25, -0.2) is 9.97 Å². The fraction of sp³-hybridized carbons (Fsp3) is 0.265. The summed E-state index contributed by atoms with van der Waals surface area (Å²) in [5.41, 5.74) is 6.69. The minimum atomic E-state index is -0.670. The SMILES string of the molecule is Cc1ccc(C(C)NC(=O)c2cccc(C(C)(C)C#N)c2)cc1-c1ccc2nc(Nc3cnn(C4CC4)c3)ncc2c1. The highest BCUT2D eigenvalue weighted by atomic mass is 16.1. The van der Waals surface area contributed by atoms with E-state index in [0.29, 0.717) is 17.6 Å². The van der Waals surface area contributed by atoms with Crippen molar-refractivity contribution in [2.45, 2.75) is 58.0 Å². The van der Waals surface area contributed by atoms with Gasteiger partial charge < -0.3 is 10.6 Å². The number of hydrogen-bond donors (Lipinski definition) is 2. The van der Waals surface area contributed by atoms with Crippen LogP contribution in [-0.4, -0.2) is 25.7 Å². The summed E-state index contributed by atoms with van der Waals surface area (Å²) in [4.78, 5) is 22.4. The van der Waals surface area contributed by atoms with Crippen LogP contribution in [0.4, 0.5) is 11.6 Å². The Bertz CT molecular complexity index is 1840. The lowest BCUT2D eigenvalue weighted by atomic mass is 9.85. The molecule has 0 spiro atoms. The Morgan fingerprint density at radius 2 is 1.93 bits per heavy atom. The van der Waals surface area contributed by atoms with Gasteiger partial charge in [-0.2, -0.15) is 10.4 Å². The normalized spacial score (nSPS) is 13.9. The maximum absolute atomic E-state index is 13.1. The van der Waals surface area contributed by atoms with Crippen molar-refractivity contribution >= 4 is 28.4 Å². The summed E-state index contributed by atoms with van der Waals surface area (Å²) in [7, 11) is 0. The van der Waals surface area contributed by atoms with E-state index in [9.17, 15) is 10.1 Å². The number of aromatic nitrogens is 4. The molecule has 2 heterocycles. The predicted molar refractivity (Wildman–Crippen MR) is 164 cm³/mol. The third-order valence-electron chi connectivity index (χ3n) is 7.90. The van der Waals surface area contributed by atoms with Gasteiger partial charge in [-0.1, -0.05) is 30.3 Å². The van der Waals surface area contributed by atoms with Crippen LogP contribution in [0.25, 0.3) is 22.0 Å². The first-order chi connectivity index (χ1) is 20.2. The number of fused-ring (bicyclic) bond motifs is 1. The highest BCUT2D eigenvalue weighted by Crippen LogP contribution is 2.35. The van der Waals surface area contributed by atoms with Crippen molar-refractivity contribution in [1.29, 1.82) is 5.26 Å². The van der Waals surface area contributed by atoms with E-state index in [4.69, 9.17) is 4.98 Å². The summed E-state index contributed by atoms with van der Waals surface area (Å²) in [6.07, 6.45) is 8.01. The lowest BCUT2D eigenvalue weighted by Crippen LogP contribution is -2.27. The minimum absolute atomic E-state index is 0.174. The van der Waals surface area contributed by atoms with Crippen LogP contribution in [0.1, 0.15) is 72.7 Å². The number of nitrogens with zero attached hydrogens (tertiary/aromatic N) is 5. The summed E-state index contributed by atoms with van der Waals surface area (Å²) >= 11 is 0. The van der Waals surface area contributed by atoms with Crippen molar-refractivity contribution in [3.8, 4) is 17.2 Å². The Balaban J connectivity index is 1.19. The number of aryl methyl sites for hydroxylation is 1. The maximum Gasteiger partial charge on any atom is 0.251 e. The highest BCUT2D eigenvalue weighted by Gasteiger charge is 2.24. The van der Waals surface area contributed by atoms with Gasteiger partial charge in [0.1, 0.15) is 0 Å². The molecule has 3 aromatic carbocycles. The first-order valence-electron chi connectivity index (χ1n) is 14.2. The standard InChI is InChI=1S/C34H33N7O/c1-21-8-9-23(22(2)38-32(42)25-6-5-7-27(15-25)34(3,4)20-35)16-30(21)24-10-13-31-26(14-24)17-36-33(40-31)39-28-18-37-41(19-28)29-11-12-29/h5-10,13-19,22,29H,11-12H2,1-4H3,(H,38,42)(H,36,39,40). The molecule has 0 aliphatic heterocycles. The molecule has 8 heteroatoms. The lowest BCUT2D eigenvalue weighted by Gasteiger charge is -2.19. The maximum atomic E-state index is 13.1. The van der Waals surface area contributed by atoms with Crippen molar-refractivity contribution in [3.05, 3.63) is 102 Å². The summed E-state index contributed by atoms with van der Waals surface area (Å²) in [6.45, 7) is 7.76. The minimum Gasteiger partial charge on any atom is -0.346 e. The van der Waals surface area contributed by atoms with Crippen molar-refractivity contribution in [1.82, 2.24) is 25.1 Å². The molecule has 1 fully saturated rings. The predicted octanol–water partition coefficient (Wildman–Crippen LogP) is 7.17. The first-order valence-corrected chi connectivity index (χ1v) is 14.2. The highest BCUT2D eigenvalue weighted by molar-refractivity contribution is 5.94. The van der Waals surface area contributed by atoms with E-state index < -0.39 is 5.41 Å². The van der Waals surface area contributed by atoms with Crippen LogP contribution in [0, 0.1) is 18.3 Å². The van der Waals surface area contributed by atoms with Crippen LogP contribution in [0.3, 0.4) is 0 Å². The second-order valence-electron chi connectivity index (χ2n) is 11.6. The molecule has 2 aromatic heterocycles. The van der Waals surface area contributed by atoms with E-state index in [1.807, 2.05) is 62.1 Å². The Morgan fingerprint density at radius 3 is 2.71 bits per heavy atom. The van der Waals surface area contributed by atoms with Gasteiger partial charge in [0.05, 0.1) is 41.0 Å². The van der Waals surface area contributed by atoms with Crippen molar-refractivity contribution in [2.24, 2.45) is 0 Å². The van der Waals surface area contributed by atoms with Crippen molar-refractivity contribution in [3.63, 3.8) is 0 Å². The monoisotopic (exact) mass is 555 g/mol. The van der Waals surface area contributed by atoms with Crippen molar-refractivity contribution < 1.29 is 4.79 Å². The van der Waals surface area contributed by atoms with E-state index in [1.54, 1.807) is 18.3 Å². The van der Waals surface area contributed by atoms with E-state index in [1.165, 1.54) is 12.8 Å². The molecule has 8 nitrogen and oxygen atoms in total. The molecule has 210 valence electrons. The molecule has 0 bridgehead atoms. The van der Waals surface area contributed by atoms with Crippen LogP contribution in [0.15, 0.2) is 79.3 Å². The molecule has 1 unspecified atom stereocenters. The summed E-state index contributed by atoms with van der Waals surface area (Å²) < 4.78 is 1.99. The van der Waals surface area contributed by atoms with Gasteiger partial charge in [0.2, 0.25) is 5.95 Å². The van der Waals surface area contributed by atoms with E-state index >= 15 is 0 Å². The van der Waals surface area contributed by atoms with Crippen LogP contribution < -0.4 is 10.6 Å². The van der Waals surface area contributed by atoms with Crippen LogP contribution in [-0.2, 0) is 5.41 Å². The van der Waals surface area contributed by atoms with Gasteiger partial charge in [0.15, 0.2) is 0 Å². The summed E-state index contributed by atoms with van der Waals surface area (Å²) in [6, 6.07) is 22.3. The van der Waals surface area contributed by atoms with Crippen LogP contribution >= 0.6 is 0 Å². The Labute approximate surface area is 245 Å². The van der Waals surface area contributed by atoms with Crippen LogP contribution in [0.5, 0.6) is 0 Å². The second-order valence-corrected chi connectivity index (χ2v) is 11.6. The summed E-state index contributed by atoms with van der Waals surface area (Å²) in [5.74, 6) is 0.363. The molecular formula is C34H33N7O. The average molecular weight is 556 g/mol. The molecule has 1 saturated carbocycles. The largest absolute Gasteiger partial charge is 0.346 e. The Kier molecular flexibility index (Phi) is 6.95. The van der Waals surface area contributed by atoms with Gasteiger partial charge in [0.25, 0.3) is 5.91 Å². The lowest BCUT2D eigenvalue weighted by molar-refractivity contribution is 0.0939. The smallest absolute Gasteiger partial charge is 0.251 e. The second kappa shape index (κ2) is 10.7. The first kappa shape index (κ1) is 27.2. The van der Waals surface area contributed by atoms with E-state index in [-0.39, 0.29) is 11.9 Å². The zero-order valence-electron chi connectivity index (χ0n) is 24.2. The van der Waals surface area contributed by atoms with E-state index in [0.717, 1.165) is 44.4 Å². The molecule has 0 radical (unpaired) electrons. The molecule has 42 heavy (non-hydrogen) atoms. The Hall–Kier alpha value is -5.03. The third-order valence-corrected chi connectivity index (χ3v) is 7.90. The third kappa shape index (κ3) is 5.59. The molecule has 1 aliphatic carbocycles. The van der Waals surface area contributed by atoms with Gasteiger partial charge in [-0.15, -0.1) is 0 Å². The number of nitrogens with one attached hydrogen (secondary N) is 2. The molecule has 0 saturated heterocycles. The van der Waals surface area contributed by atoms with E-state index in [2.05, 4.69) is 58.0 Å². The zero-order valence-corrected chi connectivity index (χ0v) is 24.2. The van der Waals surface area contributed by atoms with Crippen LogP contribution in [0.2, 0.25) is 0 Å².